The lowest BCUT2D eigenvalue weighted by Crippen LogP contribution is -2.32. The number of rotatable bonds is 6. The van der Waals surface area contributed by atoms with Gasteiger partial charge in [0.1, 0.15) is 6.54 Å². The Morgan fingerprint density at radius 2 is 1.96 bits per heavy atom. The molecule has 3 rings (SSSR count). The number of imidazole rings is 1. The van der Waals surface area contributed by atoms with Crippen LogP contribution in [0.2, 0.25) is 0 Å². The summed E-state index contributed by atoms with van der Waals surface area (Å²) in [6.45, 7) is 0.251. The van der Waals surface area contributed by atoms with Gasteiger partial charge in [-0.25, -0.2) is 4.79 Å². The fourth-order valence-electron chi connectivity index (χ4n) is 2.45. The van der Waals surface area contributed by atoms with Crippen LogP contribution >= 0.6 is 0 Å². The predicted molar refractivity (Wildman–Crippen MR) is 89.7 cm³/mol. The van der Waals surface area contributed by atoms with E-state index in [1.807, 2.05) is 42.6 Å². The van der Waals surface area contributed by atoms with E-state index < -0.39 is 5.69 Å². The van der Waals surface area contributed by atoms with Gasteiger partial charge in [0, 0.05) is 18.4 Å². The van der Waals surface area contributed by atoms with Gasteiger partial charge in [-0.15, -0.1) is 0 Å². The lowest BCUT2D eigenvalue weighted by atomic mass is 10.1. The van der Waals surface area contributed by atoms with Crippen LogP contribution < -0.4 is 11.0 Å². The lowest BCUT2D eigenvalue weighted by molar-refractivity contribution is -0.121. The van der Waals surface area contributed by atoms with Crippen molar-refractivity contribution in [1.82, 2.24) is 19.9 Å². The zero-order valence-electron chi connectivity index (χ0n) is 13.0. The van der Waals surface area contributed by atoms with Crippen molar-refractivity contribution in [3.63, 3.8) is 0 Å². The number of nitrogens with one attached hydrogen (secondary N) is 3. The summed E-state index contributed by atoms with van der Waals surface area (Å²) < 4.78 is 0.973. The molecule has 0 saturated heterocycles. The molecule has 0 aliphatic rings. The summed E-state index contributed by atoms with van der Waals surface area (Å²) in [6.07, 6.45) is 3.72. The number of hydrogen-bond acceptors (Lipinski definition) is 3. The van der Waals surface area contributed by atoms with E-state index in [1.165, 1.54) is 0 Å². The summed E-state index contributed by atoms with van der Waals surface area (Å²) in [6, 6.07) is 12.1. The van der Waals surface area contributed by atoms with E-state index in [0.717, 1.165) is 27.6 Å². The molecule has 0 fully saturated rings. The Balaban J connectivity index is 1.49. The molecule has 1 amide bonds. The van der Waals surface area contributed by atoms with E-state index >= 15 is 0 Å². The summed E-state index contributed by atoms with van der Waals surface area (Å²) in [5.41, 5.74) is 2.76. The van der Waals surface area contributed by atoms with Crippen molar-refractivity contribution in [2.24, 2.45) is 0 Å². The van der Waals surface area contributed by atoms with Crippen molar-refractivity contribution < 1.29 is 9.90 Å². The second-order valence-corrected chi connectivity index (χ2v) is 5.42. The topological polar surface area (TPSA) is 103 Å². The highest BCUT2D eigenvalue weighted by Gasteiger charge is 2.09. The Hall–Kier alpha value is -3.22. The van der Waals surface area contributed by atoms with E-state index in [2.05, 4.69) is 15.3 Å². The molecule has 2 heterocycles. The fourth-order valence-corrected chi connectivity index (χ4v) is 2.45. The largest absolute Gasteiger partial charge is 0.493 e. The van der Waals surface area contributed by atoms with Crippen molar-refractivity contribution in [3.8, 4) is 17.1 Å². The maximum atomic E-state index is 11.8. The summed E-state index contributed by atoms with van der Waals surface area (Å²) in [5, 5.41) is 12.2. The van der Waals surface area contributed by atoms with Crippen molar-refractivity contribution in [2.45, 2.75) is 13.0 Å². The molecule has 124 valence electrons. The predicted octanol–water partition coefficient (Wildman–Crippen LogP) is 1.24. The third-order valence-corrected chi connectivity index (χ3v) is 3.75. The van der Waals surface area contributed by atoms with Gasteiger partial charge in [-0.05, 0) is 29.7 Å². The Morgan fingerprint density at radius 3 is 2.58 bits per heavy atom. The summed E-state index contributed by atoms with van der Waals surface area (Å²) in [4.78, 5) is 28.6. The second kappa shape index (κ2) is 6.91. The SMILES string of the molecule is O=C(Cn1c(O)c[nH]c1=O)NCCc1ccc(-c2ccc[nH]2)cc1. The first-order chi connectivity index (χ1) is 11.6. The monoisotopic (exact) mass is 326 g/mol. The van der Waals surface area contributed by atoms with E-state index in [4.69, 9.17) is 0 Å². The number of carbonyl (C=O) groups is 1. The molecule has 7 heteroatoms. The first-order valence-electron chi connectivity index (χ1n) is 7.60. The third kappa shape index (κ3) is 3.57. The van der Waals surface area contributed by atoms with Gasteiger partial charge in [0.05, 0.1) is 6.20 Å². The summed E-state index contributed by atoms with van der Waals surface area (Å²) in [5.74, 6) is -0.579. The minimum Gasteiger partial charge on any atom is -0.493 e. The number of carbonyl (C=O) groups excluding carboxylic acids is 1. The number of hydrogen-bond donors (Lipinski definition) is 4. The maximum Gasteiger partial charge on any atom is 0.328 e. The Kier molecular flexibility index (Phi) is 4.51. The average Bonchev–Trinajstić information content (AvgIpc) is 3.21. The molecule has 2 aromatic heterocycles. The maximum absolute atomic E-state index is 11.8. The van der Waals surface area contributed by atoms with Crippen molar-refractivity contribution in [2.75, 3.05) is 6.54 Å². The highest BCUT2D eigenvalue weighted by Crippen LogP contribution is 2.17. The molecule has 0 spiro atoms. The van der Waals surface area contributed by atoms with E-state index in [1.54, 1.807) is 0 Å². The van der Waals surface area contributed by atoms with Crippen LogP contribution in [0.5, 0.6) is 5.88 Å². The number of benzene rings is 1. The Morgan fingerprint density at radius 1 is 1.17 bits per heavy atom. The fraction of sp³-hybridized carbons (Fsp3) is 0.176. The molecule has 0 bridgehead atoms. The highest BCUT2D eigenvalue weighted by atomic mass is 16.3. The lowest BCUT2D eigenvalue weighted by Gasteiger charge is -2.07. The first kappa shape index (κ1) is 15.7. The van der Waals surface area contributed by atoms with Crippen LogP contribution in [-0.4, -0.2) is 32.1 Å². The standard InChI is InChI=1S/C17H18N4O3/c22-15(11-21-16(23)10-20-17(21)24)19-9-7-12-3-5-13(6-4-12)14-2-1-8-18-14/h1-6,8,10,18,23H,7,9,11H2,(H,19,22)(H,20,24). The van der Waals surface area contributed by atoms with Gasteiger partial charge in [-0.2, -0.15) is 0 Å². The van der Waals surface area contributed by atoms with Crippen LogP contribution in [0.25, 0.3) is 11.3 Å². The molecule has 0 atom stereocenters. The van der Waals surface area contributed by atoms with Crippen molar-refractivity contribution in [1.29, 1.82) is 0 Å². The number of aromatic amines is 2. The van der Waals surface area contributed by atoms with Crippen molar-refractivity contribution in [3.05, 3.63) is 64.8 Å². The van der Waals surface area contributed by atoms with Crippen LogP contribution in [0.15, 0.2) is 53.6 Å². The molecule has 1 aromatic carbocycles. The highest BCUT2D eigenvalue weighted by molar-refractivity contribution is 5.75. The molecule has 0 aliphatic heterocycles. The molecule has 3 aromatic rings. The number of amides is 1. The van der Waals surface area contributed by atoms with E-state index in [9.17, 15) is 14.7 Å². The summed E-state index contributed by atoms with van der Waals surface area (Å²) in [7, 11) is 0. The van der Waals surface area contributed by atoms with Crippen LogP contribution in [0.4, 0.5) is 0 Å². The Bertz CT molecular complexity index is 860. The average molecular weight is 326 g/mol. The molecule has 4 N–H and O–H groups in total. The zero-order chi connectivity index (χ0) is 16.9. The second-order valence-electron chi connectivity index (χ2n) is 5.42. The van der Waals surface area contributed by atoms with Crippen LogP contribution in [0.3, 0.4) is 0 Å². The van der Waals surface area contributed by atoms with Gasteiger partial charge in [-0.3, -0.25) is 9.36 Å². The van der Waals surface area contributed by atoms with Crippen LogP contribution in [0, 0.1) is 0 Å². The number of aromatic nitrogens is 3. The molecule has 0 unspecified atom stereocenters. The molecule has 0 radical (unpaired) electrons. The van der Waals surface area contributed by atoms with Crippen LogP contribution in [-0.2, 0) is 17.8 Å². The molecule has 24 heavy (non-hydrogen) atoms. The minimum absolute atomic E-state index is 0.208. The van der Waals surface area contributed by atoms with Gasteiger partial charge in [0.15, 0.2) is 0 Å². The van der Waals surface area contributed by atoms with Crippen LogP contribution in [0.1, 0.15) is 5.56 Å². The van der Waals surface area contributed by atoms with Gasteiger partial charge in [0.25, 0.3) is 0 Å². The minimum atomic E-state index is -0.512. The molecular formula is C17H18N4O3. The van der Waals surface area contributed by atoms with Crippen molar-refractivity contribution >= 4 is 5.91 Å². The number of H-pyrrole nitrogens is 2. The number of aromatic hydroxyl groups is 1. The van der Waals surface area contributed by atoms with Gasteiger partial charge in [0.2, 0.25) is 11.8 Å². The Labute approximate surface area is 138 Å². The van der Waals surface area contributed by atoms with Gasteiger partial charge in [-0.1, -0.05) is 24.3 Å². The van der Waals surface area contributed by atoms with E-state index in [-0.39, 0.29) is 18.3 Å². The zero-order valence-corrected chi connectivity index (χ0v) is 13.0. The quantitative estimate of drug-likeness (QED) is 0.548. The molecule has 0 aliphatic carbocycles. The first-order valence-corrected chi connectivity index (χ1v) is 7.60. The molecular weight excluding hydrogens is 308 g/mol. The smallest absolute Gasteiger partial charge is 0.328 e. The number of nitrogens with zero attached hydrogens (tertiary/aromatic N) is 1. The normalized spacial score (nSPS) is 10.7. The summed E-state index contributed by atoms with van der Waals surface area (Å²) >= 11 is 0. The van der Waals surface area contributed by atoms with Gasteiger partial charge >= 0.3 is 5.69 Å². The molecule has 7 nitrogen and oxygen atoms in total. The van der Waals surface area contributed by atoms with E-state index in [0.29, 0.717) is 13.0 Å². The third-order valence-electron chi connectivity index (χ3n) is 3.75. The van der Waals surface area contributed by atoms with Gasteiger partial charge < -0.3 is 20.4 Å². The molecule has 0 saturated carbocycles.